The molecule has 2 aliphatic rings. The van der Waals surface area contributed by atoms with E-state index in [2.05, 4.69) is 0 Å². The van der Waals surface area contributed by atoms with Crippen LogP contribution in [0.3, 0.4) is 0 Å². The Bertz CT molecular complexity index is 346. The number of hydrogen-bond donors (Lipinski definition) is 3. The normalized spacial score (nSPS) is 34.2. The molecule has 0 aliphatic carbocycles. The van der Waals surface area contributed by atoms with Gasteiger partial charge in [0.1, 0.15) is 6.23 Å². The van der Waals surface area contributed by atoms with Gasteiger partial charge in [-0.3, -0.25) is 4.79 Å². The summed E-state index contributed by atoms with van der Waals surface area (Å²) in [6.45, 7) is 1.58. The van der Waals surface area contributed by atoms with Crippen LogP contribution in [0.2, 0.25) is 0 Å². The molecule has 3 atom stereocenters. The number of nitrogens with zero attached hydrogens (tertiary/aromatic N) is 2. The maximum absolute atomic E-state index is 11.5. The molecule has 2 rings (SSSR count). The molecule has 96 valence electrons. The van der Waals surface area contributed by atoms with Gasteiger partial charge in [0.05, 0.1) is 12.7 Å². The Balaban J connectivity index is 2.13. The molecular formula is C10H17N3O4. The van der Waals surface area contributed by atoms with Gasteiger partial charge in [-0.25, -0.2) is 10.9 Å². The van der Waals surface area contributed by atoms with Crippen LogP contribution in [0.4, 0.5) is 0 Å². The summed E-state index contributed by atoms with van der Waals surface area (Å²) in [5, 5.41) is 19.6. The van der Waals surface area contributed by atoms with E-state index < -0.39 is 12.3 Å². The highest BCUT2D eigenvalue weighted by molar-refractivity contribution is 5.93. The third kappa shape index (κ3) is 2.14. The van der Waals surface area contributed by atoms with E-state index in [0.717, 1.165) is 11.4 Å². The first kappa shape index (κ1) is 12.3. The van der Waals surface area contributed by atoms with E-state index >= 15 is 0 Å². The summed E-state index contributed by atoms with van der Waals surface area (Å²) in [5.74, 6) is 5.07. The average Bonchev–Trinajstić information content (AvgIpc) is 2.79. The molecule has 2 heterocycles. The van der Waals surface area contributed by atoms with E-state index in [0.29, 0.717) is 12.0 Å². The molecule has 0 spiro atoms. The van der Waals surface area contributed by atoms with Crippen LogP contribution < -0.4 is 5.84 Å². The predicted octanol–water partition coefficient (Wildman–Crippen LogP) is -1.32. The third-order valence-corrected chi connectivity index (χ3v) is 3.05. The fraction of sp³-hybridized carbons (Fsp3) is 0.700. The van der Waals surface area contributed by atoms with Crippen LogP contribution in [0.15, 0.2) is 11.8 Å². The lowest BCUT2D eigenvalue weighted by Gasteiger charge is -2.39. The van der Waals surface area contributed by atoms with Crippen LogP contribution >= 0.6 is 0 Å². The van der Waals surface area contributed by atoms with Crippen molar-refractivity contribution in [2.24, 2.45) is 5.84 Å². The van der Waals surface area contributed by atoms with Crippen molar-refractivity contribution in [3.05, 3.63) is 11.8 Å². The van der Waals surface area contributed by atoms with Gasteiger partial charge in [-0.05, 0) is 19.8 Å². The molecule has 1 fully saturated rings. The smallest absolute Gasteiger partial charge is 0.268 e. The summed E-state index contributed by atoms with van der Waals surface area (Å²) in [4.78, 5) is 13.0. The minimum Gasteiger partial charge on any atom is -0.394 e. The van der Waals surface area contributed by atoms with Crippen molar-refractivity contribution in [2.75, 3.05) is 6.61 Å². The number of aliphatic hydroxyl groups is 2. The summed E-state index contributed by atoms with van der Waals surface area (Å²) >= 11 is 0. The summed E-state index contributed by atoms with van der Waals surface area (Å²) in [5.41, 5.74) is 0.439. The van der Waals surface area contributed by atoms with Crippen molar-refractivity contribution in [1.82, 2.24) is 9.91 Å². The standard InChI is InChI=1S/C10H17N3O4/c1-6-4-12(10(16)13(11)9(6)15)8-3-2-7(5-14)17-8/h4,7-8,10,14,16H,2-3,5,11H2,1H3/t7-,8+,10?/m0/s1. The number of aliphatic hydroxyl groups excluding tert-OH is 2. The monoisotopic (exact) mass is 243 g/mol. The lowest BCUT2D eigenvalue weighted by Crippen LogP contribution is -2.58. The summed E-state index contributed by atoms with van der Waals surface area (Å²) in [6.07, 6.45) is 1.12. The number of nitrogens with two attached hydrogens (primary N) is 1. The van der Waals surface area contributed by atoms with Crippen LogP contribution in [0.25, 0.3) is 0 Å². The first-order valence-corrected chi connectivity index (χ1v) is 5.53. The van der Waals surface area contributed by atoms with E-state index in [9.17, 15) is 9.90 Å². The first-order chi connectivity index (χ1) is 8.04. The lowest BCUT2D eigenvalue weighted by atomic mass is 10.2. The van der Waals surface area contributed by atoms with Crippen molar-refractivity contribution in [3.8, 4) is 0 Å². The van der Waals surface area contributed by atoms with Crippen molar-refractivity contribution in [1.29, 1.82) is 0 Å². The number of ether oxygens (including phenoxy) is 1. The molecule has 17 heavy (non-hydrogen) atoms. The fourth-order valence-corrected chi connectivity index (χ4v) is 2.07. The Hall–Kier alpha value is -1.15. The zero-order valence-corrected chi connectivity index (χ0v) is 9.61. The van der Waals surface area contributed by atoms with Gasteiger partial charge in [0.15, 0.2) is 0 Å². The van der Waals surface area contributed by atoms with E-state index in [1.54, 1.807) is 13.1 Å². The maximum atomic E-state index is 11.5. The zero-order chi connectivity index (χ0) is 12.6. The Morgan fingerprint density at radius 1 is 1.59 bits per heavy atom. The van der Waals surface area contributed by atoms with E-state index in [4.69, 9.17) is 15.7 Å². The molecule has 2 aliphatic heterocycles. The molecule has 0 saturated carbocycles. The Morgan fingerprint density at radius 2 is 2.29 bits per heavy atom. The average molecular weight is 243 g/mol. The van der Waals surface area contributed by atoms with Crippen LogP contribution in [0.5, 0.6) is 0 Å². The number of hydrazine groups is 1. The summed E-state index contributed by atoms with van der Waals surface area (Å²) < 4.78 is 5.53. The molecule has 0 aromatic rings. The highest BCUT2D eigenvalue weighted by Crippen LogP contribution is 2.27. The highest BCUT2D eigenvalue weighted by atomic mass is 16.5. The molecule has 0 aromatic heterocycles. The van der Waals surface area contributed by atoms with E-state index in [-0.39, 0.29) is 18.9 Å². The van der Waals surface area contributed by atoms with Gasteiger partial charge >= 0.3 is 0 Å². The predicted molar refractivity (Wildman–Crippen MR) is 57.6 cm³/mol. The quantitative estimate of drug-likeness (QED) is 0.411. The Labute approximate surface area is 99.0 Å². The fourth-order valence-electron chi connectivity index (χ4n) is 2.07. The van der Waals surface area contributed by atoms with Gasteiger partial charge in [0.2, 0.25) is 6.35 Å². The molecule has 0 radical (unpaired) electrons. The van der Waals surface area contributed by atoms with Crippen LogP contribution in [-0.2, 0) is 9.53 Å². The molecule has 4 N–H and O–H groups in total. The SMILES string of the molecule is CC1=CN([C@H]2CC[C@@H](CO)O2)C(O)N(N)C1=O. The largest absolute Gasteiger partial charge is 0.394 e. The van der Waals surface area contributed by atoms with E-state index in [1.807, 2.05) is 0 Å². The van der Waals surface area contributed by atoms with Gasteiger partial charge < -0.3 is 19.8 Å². The molecular weight excluding hydrogens is 226 g/mol. The molecule has 0 bridgehead atoms. The minimum atomic E-state index is -1.23. The number of carbonyl (C=O) groups excluding carboxylic acids is 1. The minimum absolute atomic E-state index is 0.0472. The Morgan fingerprint density at radius 3 is 2.88 bits per heavy atom. The second-order valence-corrected chi connectivity index (χ2v) is 4.29. The van der Waals surface area contributed by atoms with Crippen LogP contribution in [0.1, 0.15) is 19.8 Å². The van der Waals surface area contributed by atoms with Gasteiger partial charge in [0.25, 0.3) is 5.91 Å². The van der Waals surface area contributed by atoms with E-state index in [1.165, 1.54) is 4.90 Å². The van der Waals surface area contributed by atoms with Gasteiger partial charge in [0, 0.05) is 11.8 Å². The van der Waals surface area contributed by atoms with Crippen molar-refractivity contribution in [3.63, 3.8) is 0 Å². The molecule has 1 amide bonds. The van der Waals surface area contributed by atoms with Crippen molar-refractivity contribution < 1.29 is 19.7 Å². The number of hydrogen-bond acceptors (Lipinski definition) is 6. The molecule has 7 heteroatoms. The second kappa shape index (κ2) is 4.61. The molecule has 1 saturated heterocycles. The van der Waals surface area contributed by atoms with Crippen molar-refractivity contribution >= 4 is 5.91 Å². The zero-order valence-electron chi connectivity index (χ0n) is 9.61. The third-order valence-electron chi connectivity index (χ3n) is 3.05. The first-order valence-electron chi connectivity index (χ1n) is 5.53. The highest BCUT2D eigenvalue weighted by Gasteiger charge is 2.37. The molecule has 1 unspecified atom stereocenters. The van der Waals surface area contributed by atoms with Gasteiger partial charge in [-0.15, -0.1) is 0 Å². The summed E-state index contributed by atoms with van der Waals surface area (Å²) in [7, 11) is 0. The topological polar surface area (TPSA) is 99.3 Å². The molecule has 0 aromatic carbocycles. The van der Waals surface area contributed by atoms with Crippen LogP contribution in [0, 0.1) is 0 Å². The Kier molecular flexibility index (Phi) is 3.34. The van der Waals surface area contributed by atoms with Crippen molar-refractivity contribution in [2.45, 2.75) is 38.4 Å². The molecule has 7 nitrogen and oxygen atoms in total. The second-order valence-electron chi connectivity index (χ2n) is 4.29. The summed E-state index contributed by atoms with van der Waals surface area (Å²) in [6, 6.07) is 0. The number of carbonyl (C=O) groups is 1. The van der Waals surface area contributed by atoms with Gasteiger partial charge in [-0.2, -0.15) is 0 Å². The lowest BCUT2D eigenvalue weighted by molar-refractivity contribution is -0.182. The van der Waals surface area contributed by atoms with Crippen LogP contribution in [-0.4, -0.2) is 51.3 Å². The van der Waals surface area contributed by atoms with Gasteiger partial charge in [-0.1, -0.05) is 0 Å². The number of amides is 1. The number of rotatable bonds is 2. The maximum Gasteiger partial charge on any atom is 0.268 e.